The second-order valence-corrected chi connectivity index (χ2v) is 5.33. The third kappa shape index (κ3) is 5.90. The summed E-state index contributed by atoms with van der Waals surface area (Å²) in [5.41, 5.74) is 2.87. The summed E-state index contributed by atoms with van der Waals surface area (Å²) in [5, 5.41) is 5.54. The molecule has 2 amide bonds. The van der Waals surface area contributed by atoms with E-state index in [1.807, 2.05) is 31.2 Å². The number of carbonyl (C=O) groups excluding carboxylic acids is 2. The zero-order valence-corrected chi connectivity index (χ0v) is 13.2. The molecule has 0 aliphatic heterocycles. The van der Waals surface area contributed by atoms with Gasteiger partial charge in [0.2, 0.25) is 5.91 Å². The summed E-state index contributed by atoms with van der Waals surface area (Å²) in [7, 11) is 0. The third-order valence-electron chi connectivity index (χ3n) is 3.42. The smallest absolute Gasteiger partial charge is 0.252 e. The Morgan fingerprint density at radius 2 is 1.78 bits per heavy atom. The molecular weight excluding hydrogens is 290 g/mol. The minimum absolute atomic E-state index is 0.0128. The van der Waals surface area contributed by atoms with Crippen molar-refractivity contribution in [2.75, 3.05) is 13.1 Å². The molecule has 0 bridgehead atoms. The highest BCUT2D eigenvalue weighted by Crippen LogP contribution is 2.05. The lowest BCUT2D eigenvalue weighted by molar-refractivity contribution is -0.121. The normalized spacial score (nSPS) is 10.1. The largest absolute Gasteiger partial charge is 0.354 e. The van der Waals surface area contributed by atoms with Gasteiger partial charge in [0.05, 0.1) is 5.56 Å². The molecule has 0 aliphatic rings. The van der Waals surface area contributed by atoms with Crippen molar-refractivity contribution >= 4 is 11.8 Å². The number of hydrogen-bond acceptors (Lipinski definition) is 3. The van der Waals surface area contributed by atoms with E-state index in [2.05, 4.69) is 15.6 Å². The van der Waals surface area contributed by atoms with Crippen molar-refractivity contribution in [1.82, 2.24) is 15.6 Å². The van der Waals surface area contributed by atoms with Gasteiger partial charge in [-0.15, -0.1) is 0 Å². The van der Waals surface area contributed by atoms with Gasteiger partial charge in [-0.2, -0.15) is 0 Å². The first-order chi connectivity index (χ1) is 11.1. The van der Waals surface area contributed by atoms with Gasteiger partial charge in [0, 0.05) is 31.9 Å². The molecule has 2 aromatic rings. The van der Waals surface area contributed by atoms with Crippen molar-refractivity contribution < 1.29 is 9.59 Å². The average molecular weight is 311 g/mol. The van der Waals surface area contributed by atoms with Crippen molar-refractivity contribution in [2.45, 2.75) is 19.8 Å². The van der Waals surface area contributed by atoms with Crippen molar-refractivity contribution in [2.24, 2.45) is 0 Å². The molecule has 1 aromatic heterocycles. The van der Waals surface area contributed by atoms with Crippen LogP contribution in [-0.4, -0.2) is 29.9 Å². The first kappa shape index (κ1) is 16.7. The minimum atomic E-state index is -0.188. The standard InChI is InChI=1S/C18H21N3O2/c1-14-4-6-15(7-5-14)8-9-17(22)20-11-12-21-18(23)16-3-2-10-19-13-16/h2-7,10,13H,8-9,11-12H2,1H3,(H,20,22)(H,21,23). The predicted octanol–water partition coefficient (Wildman–Crippen LogP) is 1.87. The SMILES string of the molecule is Cc1ccc(CCC(=O)NCCNC(=O)c2cccnc2)cc1. The number of carbonyl (C=O) groups is 2. The van der Waals surface area contributed by atoms with Gasteiger partial charge in [-0.25, -0.2) is 0 Å². The monoisotopic (exact) mass is 311 g/mol. The molecule has 2 rings (SSSR count). The lowest BCUT2D eigenvalue weighted by atomic mass is 10.1. The summed E-state index contributed by atoms with van der Waals surface area (Å²) in [6.07, 6.45) is 4.29. The number of hydrogen-bond donors (Lipinski definition) is 2. The lowest BCUT2D eigenvalue weighted by Crippen LogP contribution is -2.34. The fraction of sp³-hybridized carbons (Fsp3) is 0.278. The van der Waals surface area contributed by atoms with Gasteiger partial charge in [0.25, 0.3) is 5.91 Å². The van der Waals surface area contributed by atoms with Crippen molar-refractivity contribution in [3.63, 3.8) is 0 Å². The summed E-state index contributed by atoms with van der Waals surface area (Å²) < 4.78 is 0. The first-order valence-electron chi connectivity index (χ1n) is 7.65. The molecule has 0 aliphatic carbocycles. The quantitative estimate of drug-likeness (QED) is 0.767. The van der Waals surface area contributed by atoms with E-state index < -0.39 is 0 Å². The Balaban J connectivity index is 1.61. The Bertz CT molecular complexity index is 639. The summed E-state index contributed by atoms with van der Waals surface area (Å²) in [6.45, 7) is 2.85. The number of aryl methyl sites for hydroxylation is 2. The van der Waals surface area contributed by atoms with Crippen molar-refractivity contribution in [3.8, 4) is 0 Å². The van der Waals surface area contributed by atoms with E-state index in [0.717, 1.165) is 5.56 Å². The summed E-state index contributed by atoms with van der Waals surface area (Å²) in [4.78, 5) is 27.4. The van der Waals surface area contributed by atoms with E-state index in [0.29, 0.717) is 31.5 Å². The molecule has 0 fully saturated rings. The van der Waals surface area contributed by atoms with E-state index in [1.165, 1.54) is 11.8 Å². The van der Waals surface area contributed by atoms with Crippen molar-refractivity contribution in [3.05, 3.63) is 65.5 Å². The minimum Gasteiger partial charge on any atom is -0.354 e. The van der Waals surface area contributed by atoms with Gasteiger partial charge in [-0.1, -0.05) is 29.8 Å². The highest BCUT2D eigenvalue weighted by Gasteiger charge is 2.05. The zero-order valence-electron chi connectivity index (χ0n) is 13.2. The zero-order chi connectivity index (χ0) is 16.5. The highest BCUT2D eigenvalue weighted by atomic mass is 16.2. The third-order valence-corrected chi connectivity index (χ3v) is 3.42. The number of pyridine rings is 1. The predicted molar refractivity (Wildman–Crippen MR) is 89.1 cm³/mol. The molecule has 120 valence electrons. The van der Waals surface area contributed by atoms with E-state index in [1.54, 1.807) is 18.3 Å². The molecule has 0 unspecified atom stereocenters. The van der Waals surface area contributed by atoms with Crippen LogP contribution in [0.5, 0.6) is 0 Å². The number of benzene rings is 1. The van der Waals surface area contributed by atoms with Crippen LogP contribution in [0.1, 0.15) is 27.9 Å². The molecule has 0 spiro atoms. The Kier molecular flexibility index (Phi) is 6.29. The second-order valence-electron chi connectivity index (χ2n) is 5.33. The van der Waals surface area contributed by atoms with Gasteiger partial charge in [0.1, 0.15) is 0 Å². The van der Waals surface area contributed by atoms with Crippen LogP contribution in [0.2, 0.25) is 0 Å². The number of nitrogens with one attached hydrogen (secondary N) is 2. The highest BCUT2D eigenvalue weighted by molar-refractivity contribution is 5.93. The molecule has 0 saturated heterocycles. The maximum Gasteiger partial charge on any atom is 0.252 e. The van der Waals surface area contributed by atoms with Gasteiger partial charge in [-0.05, 0) is 31.0 Å². The molecule has 1 aromatic carbocycles. The first-order valence-corrected chi connectivity index (χ1v) is 7.65. The van der Waals surface area contributed by atoms with E-state index in [9.17, 15) is 9.59 Å². The fourth-order valence-corrected chi connectivity index (χ4v) is 2.08. The summed E-state index contributed by atoms with van der Waals surface area (Å²) >= 11 is 0. The maximum atomic E-state index is 11.8. The van der Waals surface area contributed by atoms with E-state index in [-0.39, 0.29) is 11.8 Å². The molecular formula is C18H21N3O2. The van der Waals surface area contributed by atoms with E-state index >= 15 is 0 Å². The van der Waals surface area contributed by atoms with Gasteiger partial charge in [0.15, 0.2) is 0 Å². The maximum absolute atomic E-state index is 11.8. The van der Waals surface area contributed by atoms with Gasteiger partial charge >= 0.3 is 0 Å². The molecule has 5 heteroatoms. The van der Waals surface area contributed by atoms with Crippen LogP contribution in [0.4, 0.5) is 0 Å². The van der Waals surface area contributed by atoms with Gasteiger partial charge in [-0.3, -0.25) is 14.6 Å². The van der Waals surface area contributed by atoms with Crippen molar-refractivity contribution in [1.29, 1.82) is 0 Å². The topological polar surface area (TPSA) is 71.1 Å². The Hall–Kier alpha value is -2.69. The Morgan fingerprint density at radius 3 is 2.48 bits per heavy atom. The number of rotatable bonds is 7. The van der Waals surface area contributed by atoms with Crippen LogP contribution in [0.3, 0.4) is 0 Å². The summed E-state index contributed by atoms with van der Waals surface area (Å²) in [6, 6.07) is 11.6. The molecule has 0 atom stereocenters. The lowest BCUT2D eigenvalue weighted by Gasteiger charge is -2.07. The molecule has 1 heterocycles. The van der Waals surface area contributed by atoms with Crippen LogP contribution in [-0.2, 0) is 11.2 Å². The van der Waals surface area contributed by atoms with Crippen LogP contribution >= 0.6 is 0 Å². The van der Waals surface area contributed by atoms with Crippen LogP contribution in [0.25, 0.3) is 0 Å². The number of amides is 2. The average Bonchev–Trinajstić information content (AvgIpc) is 2.59. The van der Waals surface area contributed by atoms with Crippen LogP contribution < -0.4 is 10.6 Å². The Labute approximate surface area is 136 Å². The number of aromatic nitrogens is 1. The summed E-state index contributed by atoms with van der Waals surface area (Å²) in [5.74, 6) is -0.201. The molecule has 0 radical (unpaired) electrons. The van der Waals surface area contributed by atoms with Gasteiger partial charge < -0.3 is 10.6 Å². The Morgan fingerprint density at radius 1 is 1.04 bits per heavy atom. The molecule has 23 heavy (non-hydrogen) atoms. The molecule has 5 nitrogen and oxygen atoms in total. The molecule has 0 saturated carbocycles. The van der Waals surface area contributed by atoms with Crippen LogP contribution in [0.15, 0.2) is 48.8 Å². The van der Waals surface area contributed by atoms with Crippen LogP contribution in [0, 0.1) is 6.92 Å². The molecule has 2 N–H and O–H groups in total. The van der Waals surface area contributed by atoms with E-state index in [4.69, 9.17) is 0 Å². The fourth-order valence-electron chi connectivity index (χ4n) is 2.08. The second kappa shape index (κ2) is 8.68. The number of nitrogens with zero attached hydrogens (tertiary/aromatic N) is 1.